The molecule has 0 aromatic heterocycles. The second-order valence-electron chi connectivity index (χ2n) is 19.9. The van der Waals surface area contributed by atoms with Gasteiger partial charge in [-0.3, -0.25) is 9.36 Å². The number of amides is 1. The Hall–Kier alpha value is -1.02. The van der Waals surface area contributed by atoms with E-state index in [0.717, 1.165) is 38.5 Å². The number of aliphatic hydroxyl groups excluding tert-OH is 1. The molecule has 8 nitrogen and oxygen atoms in total. The highest BCUT2D eigenvalue weighted by molar-refractivity contribution is 7.45. The van der Waals surface area contributed by atoms with Crippen LogP contribution in [0.2, 0.25) is 0 Å². The average Bonchev–Trinajstić information content (AvgIpc) is 3.24. The second-order valence-corrected chi connectivity index (χ2v) is 21.3. The van der Waals surface area contributed by atoms with Gasteiger partial charge in [-0.1, -0.05) is 237 Å². The van der Waals surface area contributed by atoms with E-state index in [1.165, 1.54) is 205 Å². The lowest BCUT2D eigenvalue weighted by atomic mass is 10.0. The van der Waals surface area contributed by atoms with Crippen LogP contribution in [0.4, 0.5) is 0 Å². The molecule has 9 heteroatoms. The lowest BCUT2D eigenvalue weighted by molar-refractivity contribution is -0.870. The molecule has 0 aliphatic carbocycles. The van der Waals surface area contributed by atoms with Gasteiger partial charge >= 0.3 is 0 Å². The smallest absolute Gasteiger partial charge is 0.268 e. The Labute approximate surface area is 392 Å². The number of carbonyl (C=O) groups excluding carboxylic acids is 1. The number of nitrogens with one attached hydrogen (secondary N) is 1. The third-order valence-corrected chi connectivity index (χ3v) is 13.4. The van der Waals surface area contributed by atoms with Gasteiger partial charge in [0.25, 0.3) is 7.82 Å². The molecule has 0 heterocycles. The second kappa shape index (κ2) is 46.1. The Morgan fingerprint density at radius 1 is 0.540 bits per heavy atom. The molecule has 1 amide bonds. The number of hydrogen-bond donors (Lipinski definition) is 2. The monoisotopic (exact) mass is 911 g/mol. The molecule has 0 aliphatic heterocycles. The van der Waals surface area contributed by atoms with Crippen LogP contribution in [0.3, 0.4) is 0 Å². The number of carbonyl (C=O) groups is 1. The number of phosphoric ester groups is 1. The molecule has 2 N–H and O–H groups in total. The molecule has 0 radical (unpaired) electrons. The van der Waals surface area contributed by atoms with Crippen molar-refractivity contribution in [3.8, 4) is 0 Å². The first kappa shape index (κ1) is 62.0. The topological polar surface area (TPSA) is 108 Å². The zero-order valence-electron chi connectivity index (χ0n) is 42.5. The van der Waals surface area contributed by atoms with Crippen LogP contribution in [0, 0.1) is 0 Å². The summed E-state index contributed by atoms with van der Waals surface area (Å²) in [6.45, 7) is 4.68. The van der Waals surface area contributed by atoms with E-state index in [1.807, 2.05) is 27.2 Å². The van der Waals surface area contributed by atoms with E-state index in [9.17, 15) is 19.4 Å². The number of rotatable bonds is 50. The van der Waals surface area contributed by atoms with Crippen molar-refractivity contribution in [2.75, 3.05) is 40.9 Å². The first-order valence-corrected chi connectivity index (χ1v) is 28.7. The van der Waals surface area contributed by atoms with Crippen molar-refractivity contribution in [3.63, 3.8) is 0 Å². The molecule has 0 aromatic rings. The van der Waals surface area contributed by atoms with Crippen molar-refractivity contribution in [1.29, 1.82) is 0 Å². The molecule has 0 fully saturated rings. The molecule has 0 aliphatic rings. The number of hydrogen-bond acceptors (Lipinski definition) is 6. The van der Waals surface area contributed by atoms with Gasteiger partial charge in [-0.2, -0.15) is 0 Å². The average molecular weight is 911 g/mol. The van der Waals surface area contributed by atoms with Gasteiger partial charge in [-0.25, -0.2) is 0 Å². The summed E-state index contributed by atoms with van der Waals surface area (Å²) in [5, 5.41) is 13.9. The number of likely N-dealkylation sites (N-methyl/N-ethyl adjacent to an activating group) is 1. The molecule has 0 aromatic carbocycles. The van der Waals surface area contributed by atoms with Crippen LogP contribution in [0.1, 0.15) is 264 Å². The fourth-order valence-electron chi connectivity index (χ4n) is 8.09. The fourth-order valence-corrected chi connectivity index (χ4v) is 8.81. The van der Waals surface area contributed by atoms with E-state index in [0.29, 0.717) is 17.4 Å². The van der Waals surface area contributed by atoms with E-state index in [1.54, 1.807) is 6.08 Å². The lowest BCUT2D eigenvalue weighted by Gasteiger charge is -2.29. The van der Waals surface area contributed by atoms with Crippen LogP contribution in [-0.4, -0.2) is 68.5 Å². The van der Waals surface area contributed by atoms with Crippen LogP contribution in [0.15, 0.2) is 24.3 Å². The maximum Gasteiger partial charge on any atom is 0.268 e. The van der Waals surface area contributed by atoms with E-state index in [2.05, 4.69) is 31.3 Å². The van der Waals surface area contributed by atoms with Crippen molar-refractivity contribution in [3.05, 3.63) is 24.3 Å². The van der Waals surface area contributed by atoms with E-state index < -0.39 is 20.0 Å². The molecular weight excluding hydrogens is 804 g/mol. The van der Waals surface area contributed by atoms with Gasteiger partial charge < -0.3 is 28.8 Å². The zero-order valence-corrected chi connectivity index (χ0v) is 43.4. The summed E-state index contributed by atoms with van der Waals surface area (Å²) in [4.78, 5) is 25.4. The maximum absolute atomic E-state index is 12.9. The highest BCUT2D eigenvalue weighted by Gasteiger charge is 2.23. The quantitative estimate of drug-likeness (QED) is 0.0272. The van der Waals surface area contributed by atoms with E-state index >= 15 is 0 Å². The fraction of sp³-hybridized carbons (Fsp3) is 0.907. The maximum atomic E-state index is 12.9. The molecule has 0 rings (SSSR count). The predicted molar refractivity (Wildman–Crippen MR) is 270 cm³/mol. The number of quaternary nitrogens is 1. The van der Waals surface area contributed by atoms with Gasteiger partial charge in [0.15, 0.2) is 0 Å². The number of nitrogens with zero attached hydrogens (tertiary/aromatic N) is 1. The van der Waals surface area contributed by atoms with Gasteiger partial charge in [-0.05, 0) is 44.9 Å². The Morgan fingerprint density at radius 2 is 0.873 bits per heavy atom. The van der Waals surface area contributed by atoms with Gasteiger partial charge in [0.2, 0.25) is 5.91 Å². The summed E-state index contributed by atoms with van der Waals surface area (Å²) in [7, 11) is 1.27. The summed E-state index contributed by atoms with van der Waals surface area (Å²) in [6.07, 6.45) is 56.6. The minimum absolute atomic E-state index is 0.000324. The van der Waals surface area contributed by atoms with Gasteiger partial charge in [-0.15, -0.1) is 0 Å². The van der Waals surface area contributed by atoms with Crippen molar-refractivity contribution < 1.29 is 32.9 Å². The molecule has 0 spiro atoms. The predicted octanol–water partition coefficient (Wildman–Crippen LogP) is 15.4. The molecule has 0 saturated heterocycles. The highest BCUT2D eigenvalue weighted by atomic mass is 31.2. The van der Waals surface area contributed by atoms with Crippen molar-refractivity contribution in [1.82, 2.24) is 5.32 Å². The van der Waals surface area contributed by atoms with Gasteiger partial charge in [0.05, 0.1) is 39.9 Å². The summed E-state index contributed by atoms with van der Waals surface area (Å²) < 4.78 is 23.3. The molecule has 0 bridgehead atoms. The van der Waals surface area contributed by atoms with E-state index in [4.69, 9.17) is 9.05 Å². The van der Waals surface area contributed by atoms with Crippen LogP contribution in [0.5, 0.6) is 0 Å². The molecule has 3 atom stereocenters. The Balaban J connectivity index is 4.26. The molecule has 63 heavy (non-hydrogen) atoms. The summed E-state index contributed by atoms with van der Waals surface area (Å²) in [5.74, 6) is -0.198. The third kappa shape index (κ3) is 48.7. The zero-order chi connectivity index (χ0) is 46.4. The number of phosphoric acid groups is 1. The lowest BCUT2D eigenvalue weighted by Crippen LogP contribution is -2.45. The Morgan fingerprint density at radius 3 is 1.24 bits per heavy atom. The van der Waals surface area contributed by atoms with Crippen molar-refractivity contribution in [2.24, 2.45) is 0 Å². The minimum atomic E-state index is -4.59. The van der Waals surface area contributed by atoms with Crippen LogP contribution < -0.4 is 10.2 Å². The van der Waals surface area contributed by atoms with Crippen LogP contribution in [-0.2, 0) is 18.4 Å². The summed E-state index contributed by atoms with van der Waals surface area (Å²) >= 11 is 0. The number of allylic oxidation sites excluding steroid dienone is 3. The van der Waals surface area contributed by atoms with Crippen LogP contribution in [0.25, 0.3) is 0 Å². The summed E-state index contributed by atoms with van der Waals surface area (Å²) in [6, 6.07) is -0.887. The SMILES string of the molecule is CCCCCCCCCCCCC/C=C\CCCCCCCCCC(=O)NC(COP(=O)([O-])OCC[N+](C)(C)C)C(O)/C=C/CCCCCCCCCCCCCCCCCCC. The van der Waals surface area contributed by atoms with Crippen LogP contribution >= 0.6 is 7.82 Å². The first-order chi connectivity index (χ1) is 30.5. The summed E-state index contributed by atoms with van der Waals surface area (Å²) in [5.41, 5.74) is 0. The normalized spacial score (nSPS) is 14.2. The minimum Gasteiger partial charge on any atom is -0.756 e. The van der Waals surface area contributed by atoms with Gasteiger partial charge in [0, 0.05) is 6.42 Å². The standard InChI is InChI=1S/C54H107N2O6P/c1-6-8-10-12-14-16-18-20-22-24-26-27-28-30-32-34-36-38-40-42-44-46-48-54(58)55-52(51-62-63(59,60)61-50-49-56(3,4)5)53(57)47-45-43-41-39-37-35-33-31-29-25-23-21-19-17-15-13-11-9-7-2/h28,30,45,47,52-53,57H,6-27,29,31-44,46,48-51H2,1-5H3,(H-,55,58,59,60)/b30-28-,47-45+. The third-order valence-electron chi connectivity index (χ3n) is 12.4. The highest BCUT2D eigenvalue weighted by Crippen LogP contribution is 2.38. The number of unbranched alkanes of at least 4 members (excludes halogenated alkanes) is 35. The molecule has 374 valence electrons. The van der Waals surface area contributed by atoms with E-state index in [-0.39, 0.29) is 19.1 Å². The largest absolute Gasteiger partial charge is 0.756 e. The Bertz CT molecular complexity index is 1080. The first-order valence-electron chi connectivity index (χ1n) is 27.2. The van der Waals surface area contributed by atoms with Gasteiger partial charge in [0.1, 0.15) is 13.2 Å². The molecule has 0 saturated carbocycles. The van der Waals surface area contributed by atoms with Crippen molar-refractivity contribution in [2.45, 2.75) is 276 Å². The molecular formula is C54H107N2O6P. The Kier molecular flexibility index (Phi) is 45.4. The molecule has 3 unspecified atom stereocenters. The number of aliphatic hydroxyl groups is 1. The van der Waals surface area contributed by atoms with Crippen molar-refractivity contribution >= 4 is 13.7 Å².